The molecule has 2 rings (SSSR count). The van der Waals surface area contributed by atoms with E-state index in [1.807, 2.05) is 43.0 Å². The van der Waals surface area contributed by atoms with Gasteiger partial charge in [0.25, 0.3) is 0 Å². The van der Waals surface area contributed by atoms with Gasteiger partial charge in [0.05, 0.1) is 5.41 Å². The van der Waals surface area contributed by atoms with Gasteiger partial charge in [0.1, 0.15) is 0 Å². The van der Waals surface area contributed by atoms with Gasteiger partial charge in [-0.3, -0.25) is 4.79 Å². The van der Waals surface area contributed by atoms with Crippen LogP contribution in [0.3, 0.4) is 0 Å². The first-order valence-corrected chi connectivity index (χ1v) is 8.42. The van der Waals surface area contributed by atoms with Gasteiger partial charge in [-0.1, -0.05) is 28.1 Å². The number of piperidine rings is 1. The Bertz CT molecular complexity index is 494. The zero-order valence-corrected chi connectivity index (χ0v) is 15.9. The van der Waals surface area contributed by atoms with Gasteiger partial charge in [-0.15, -0.1) is 12.4 Å². The van der Waals surface area contributed by atoms with Crippen LogP contribution in [-0.4, -0.2) is 29.9 Å². The molecule has 2 N–H and O–H groups in total. The molecule has 1 unspecified atom stereocenters. The second-order valence-electron chi connectivity index (χ2n) is 6.62. The van der Waals surface area contributed by atoms with Crippen molar-refractivity contribution in [3.05, 3.63) is 34.3 Å². The van der Waals surface area contributed by atoms with Gasteiger partial charge < -0.3 is 10.6 Å². The molecule has 0 aromatic heterocycles. The molecule has 1 aromatic rings. The second kappa shape index (κ2) is 7.80. The molecule has 1 aliphatic rings. The molecular weight excluding hydrogens is 364 g/mol. The fraction of sp³-hybridized carbons (Fsp3) is 0.588. The Balaban J connectivity index is 0.00000242. The number of benzene rings is 1. The minimum atomic E-state index is -0.484. The first-order valence-electron chi connectivity index (χ1n) is 7.63. The summed E-state index contributed by atoms with van der Waals surface area (Å²) in [5, 5.41) is 0. The second-order valence-corrected chi connectivity index (χ2v) is 7.54. The summed E-state index contributed by atoms with van der Waals surface area (Å²) in [5.41, 5.74) is 6.55. The van der Waals surface area contributed by atoms with Gasteiger partial charge in [-0.25, -0.2) is 0 Å². The zero-order chi connectivity index (χ0) is 15.6. The van der Waals surface area contributed by atoms with E-state index in [0.717, 1.165) is 36.0 Å². The SMILES string of the molecule is CC(N)C1CCN(C(=O)C(C)(C)c2ccc(Br)cc2)CC1.Cl. The quantitative estimate of drug-likeness (QED) is 0.856. The van der Waals surface area contributed by atoms with Crippen LogP contribution >= 0.6 is 28.3 Å². The van der Waals surface area contributed by atoms with Crippen LogP contribution in [-0.2, 0) is 10.2 Å². The lowest BCUT2D eigenvalue weighted by Crippen LogP contribution is -2.48. The third-order valence-electron chi connectivity index (χ3n) is 4.67. The van der Waals surface area contributed by atoms with Crippen molar-refractivity contribution in [3.63, 3.8) is 0 Å². The van der Waals surface area contributed by atoms with Crippen LogP contribution in [0, 0.1) is 5.92 Å². The lowest BCUT2D eigenvalue weighted by Gasteiger charge is -2.38. The summed E-state index contributed by atoms with van der Waals surface area (Å²) in [7, 11) is 0. The topological polar surface area (TPSA) is 46.3 Å². The number of nitrogens with zero attached hydrogens (tertiary/aromatic N) is 1. The highest BCUT2D eigenvalue weighted by molar-refractivity contribution is 9.10. The largest absolute Gasteiger partial charge is 0.342 e. The Kier molecular flexibility index (Phi) is 6.90. The molecular formula is C17H26BrClN2O. The van der Waals surface area contributed by atoms with E-state index in [1.165, 1.54) is 0 Å². The Hall–Kier alpha value is -0.580. The standard InChI is InChI=1S/C17H25BrN2O.ClH/c1-12(19)13-8-10-20(11-9-13)16(21)17(2,3)14-4-6-15(18)7-5-14;/h4-7,12-13H,8-11,19H2,1-3H3;1H. The number of hydrogen-bond acceptors (Lipinski definition) is 2. The van der Waals surface area contributed by atoms with Crippen molar-refractivity contribution in [1.82, 2.24) is 4.90 Å². The van der Waals surface area contributed by atoms with Crippen molar-refractivity contribution in [2.45, 2.75) is 45.1 Å². The summed E-state index contributed by atoms with van der Waals surface area (Å²) in [6, 6.07) is 8.26. The highest BCUT2D eigenvalue weighted by Crippen LogP contribution is 2.29. The van der Waals surface area contributed by atoms with Gasteiger partial charge in [0.15, 0.2) is 0 Å². The van der Waals surface area contributed by atoms with Crippen LogP contribution < -0.4 is 5.73 Å². The first kappa shape index (κ1) is 19.5. The number of carbonyl (C=O) groups excluding carboxylic acids is 1. The van der Waals surface area contributed by atoms with Crippen LogP contribution in [0.1, 0.15) is 39.2 Å². The average Bonchev–Trinajstić information content (AvgIpc) is 2.47. The van der Waals surface area contributed by atoms with Crippen LogP contribution in [0.5, 0.6) is 0 Å². The number of halogens is 2. The molecule has 0 saturated carbocycles. The highest BCUT2D eigenvalue weighted by Gasteiger charge is 2.35. The highest BCUT2D eigenvalue weighted by atomic mass is 79.9. The molecule has 124 valence electrons. The van der Waals surface area contributed by atoms with Gasteiger partial charge in [-0.05, 0) is 57.2 Å². The van der Waals surface area contributed by atoms with E-state index >= 15 is 0 Å². The molecule has 0 bridgehead atoms. The third-order valence-corrected chi connectivity index (χ3v) is 5.20. The number of carbonyl (C=O) groups is 1. The molecule has 1 fully saturated rings. The lowest BCUT2D eigenvalue weighted by molar-refractivity contribution is -0.137. The molecule has 5 heteroatoms. The predicted octanol–water partition coefficient (Wildman–Crippen LogP) is 3.73. The Morgan fingerprint density at radius 3 is 2.23 bits per heavy atom. The molecule has 0 aliphatic carbocycles. The van der Waals surface area contributed by atoms with Gasteiger partial charge in [0.2, 0.25) is 5.91 Å². The molecule has 1 aliphatic heterocycles. The Labute approximate surface area is 148 Å². The van der Waals surface area contributed by atoms with E-state index in [2.05, 4.69) is 22.9 Å². The van der Waals surface area contributed by atoms with Crippen molar-refractivity contribution in [2.75, 3.05) is 13.1 Å². The van der Waals surface area contributed by atoms with E-state index < -0.39 is 5.41 Å². The summed E-state index contributed by atoms with van der Waals surface area (Å²) in [4.78, 5) is 14.9. The van der Waals surface area contributed by atoms with Crippen LogP contribution in [0.2, 0.25) is 0 Å². The average molecular weight is 390 g/mol. The van der Waals surface area contributed by atoms with Crippen molar-refractivity contribution in [2.24, 2.45) is 11.7 Å². The van der Waals surface area contributed by atoms with Gasteiger partial charge in [0, 0.05) is 23.6 Å². The molecule has 1 atom stereocenters. The normalized spacial score (nSPS) is 17.8. The smallest absolute Gasteiger partial charge is 0.232 e. The lowest BCUT2D eigenvalue weighted by atomic mass is 9.82. The number of hydrogen-bond donors (Lipinski definition) is 1. The van der Waals surface area contributed by atoms with Crippen LogP contribution in [0.15, 0.2) is 28.7 Å². The Morgan fingerprint density at radius 2 is 1.77 bits per heavy atom. The molecule has 1 saturated heterocycles. The van der Waals surface area contributed by atoms with E-state index in [-0.39, 0.29) is 24.4 Å². The maximum Gasteiger partial charge on any atom is 0.232 e. The molecule has 1 aromatic carbocycles. The van der Waals surface area contributed by atoms with E-state index in [9.17, 15) is 4.79 Å². The summed E-state index contributed by atoms with van der Waals surface area (Å²) >= 11 is 3.44. The monoisotopic (exact) mass is 388 g/mol. The molecule has 1 amide bonds. The van der Waals surface area contributed by atoms with Crippen molar-refractivity contribution in [3.8, 4) is 0 Å². The minimum Gasteiger partial charge on any atom is -0.342 e. The maximum absolute atomic E-state index is 12.9. The van der Waals surface area contributed by atoms with Gasteiger partial charge in [-0.2, -0.15) is 0 Å². The number of rotatable bonds is 3. The fourth-order valence-corrected chi connectivity index (χ4v) is 3.28. The zero-order valence-electron chi connectivity index (χ0n) is 13.5. The summed E-state index contributed by atoms with van der Waals surface area (Å²) < 4.78 is 1.03. The van der Waals surface area contributed by atoms with Gasteiger partial charge >= 0.3 is 0 Å². The third kappa shape index (κ3) is 4.24. The summed E-state index contributed by atoms with van der Waals surface area (Å²) in [6.45, 7) is 7.73. The Morgan fingerprint density at radius 1 is 1.27 bits per heavy atom. The van der Waals surface area contributed by atoms with Crippen LogP contribution in [0.25, 0.3) is 0 Å². The van der Waals surface area contributed by atoms with E-state index in [4.69, 9.17) is 5.73 Å². The van der Waals surface area contributed by atoms with Crippen molar-refractivity contribution >= 4 is 34.2 Å². The molecule has 1 heterocycles. The number of likely N-dealkylation sites (tertiary alicyclic amines) is 1. The van der Waals surface area contributed by atoms with Crippen LogP contribution in [0.4, 0.5) is 0 Å². The molecule has 0 spiro atoms. The first-order chi connectivity index (χ1) is 9.82. The number of amides is 1. The van der Waals surface area contributed by atoms with E-state index in [0.29, 0.717) is 5.92 Å². The fourth-order valence-electron chi connectivity index (χ4n) is 3.01. The maximum atomic E-state index is 12.9. The molecule has 0 radical (unpaired) electrons. The minimum absolute atomic E-state index is 0. The van der Waals surface area contributed by atoms with Crippen molar-refractivity contribution in [1.29, 1.82) is 0 Å². The van der Waals surface area contributed by atoms with E-state index in [1.54, 1.807) is 0 Å². The summed E-state index contributed by atoms with van der Waals surface area (Å²) in [6.07, 6.45) is 2.03. The predicted molar refractivity (Wildman–Crippen MR) is 97.4 cm³/mol. The summed E-state index contributed by atoms with van der Waals surface area (Å²) in [5.74, 6) is 0.762. The molecule has 3 nitrogen and oxygen atoms in total. The van der Waals surface area contributed by atoms with Crippen molar-refractivity contribution < 1.29 is 4.79 Å². The molecule has 22 heavy (non-hydrogen) atoms. The number of nitrogens with two attached hydrogens (primary N) is 1.